The summed E-state index contributed by atoms with van der Waals surface area (Å²) in [5, 5.41) is 0.284. The number of ether oxygens (including phenoxy) is 2. The van der Waals surface area contributed by atoms with E-state index in [9.17, 15) is 21.6 Å². The molecule has 1 aromatic rings. The quantitative estimate of drug-likeness (QED) is 0.817. The predicted molar refractivity (Wildman–Crippen MR) is 81.7 cm³/mol. The number of thioether (sulfide) groups is 1. The van der Waals surface area contributed by atoms with Crippen LogP contribution in [0, 0.1) is 0 Å². The summed E-state index contributed by atoms with van der Waals surface area (Å²) < 4.78 is 70.7. The Hall–Kier alpha value is -1.03. The van der Waals surface area contributed by atoms with Crippen molar-refractivity contribution in [1.29, 1.82) is 0 Å². The van der Waals surface area contributed by atoms with Gasteiger partial charge in [0.05, 0.1) is 23.4 Å². The van der Waals surface area contributed by atoms with Crippen molar-refractivity contribution in [3.63, 3.8) is 0 Å². The second kappa shape index (κ2) is 7.25. The van der Waals surface area contributed by atoms with Crippen LogP contribution < -0.4 is 0 Å². The first kappa shape index (κ1) is 18.3. The first-order chi connectivity index (χ1) is 10.7. The number of benzene rings is 1. The molecule has 0 amide bonds. The summed E-state index contributed by atoms with van der Waals surface area (Å²) in [4.78, 5) is -0.782. The molecule has 0 spiro atoms. The van der Waals surface area contributed by atoms with E-state index < -0.39 is 26.5 Å². The first-order valence-electron chi connectivity index (χ1n) is 6.59. The van der Waals surface area contributed by atoms with Gasteiger partial charge in [-0.2, -0.15) is 24.9 Å². The molecule has 4 nitrogen and oxygen atoms in total. The highest BCUT2D eigenvalue weighted by atomic mass is 32.2. The van der Waals surface area contributed by atoms with Crippen molar-refractivity contribution >= 4 is 27.7 Å². The van der Waals surface area contributed by atoms with Crippen molar-refractivity contribution in [2.45, 2.75) is 21.9 Å². The van der Waals surface area contributed by atoms with E-state index in [4.69, 9.17) is 9.47 Å². The molecule has 128 valence electrons. The summed E-state index contributed by atoms with van der Waals surface area (Å²) in [6.45, 7) is 1.11. The summed E-state index contributed by atoms with van der Waals surface area (Å²) in [5.41, 5.74) is -4.76. The fourth-order valence-electron chi connectivity index (χ4n) is 1.83. The lowest BCUT2D eigenvalue weighted by atomic mass is 10.2. The third-order valence-corrected chi connectivity index (χ3v) is 5.61. The molecule has 0 atom stereocenters. The highest BCUT2D eigenvalue weighted by Crippen LogP contribution is 2.30. The normalized spacial score (nSPS) is 23.3. The van der Waals surface area contributed by atoms with E-state index in [0.717, 1.165) is 12.1 Å². The van der Waals surface area contributed by atoms with Gasteiger partial charge in [0.25, 0.3) is 9.84 Å². The molecule has 0 radical (unpaired) electrons. The summed E-state index contributed by atoms with van der Waals surface area (Å²) in [6.07, 6.45) is 4.68. The number of halogens is 3. The minimum Gasteiger partial charge on any atom is -0.348 e. The Morgan fingerprint density at radius 3 is 2.22 bits per heavy atom. The molecule has 1 aliphatic heterocycles. The maximum atomic E-state index is 12.4. The van der Waals surface area contributed by atoms with Crippen molar-refractivity contribution < 1.29 is 31.1 Å². The summed E-state index contributed by atoms with van der Waals surface area (Å²) in [5.74, 6) is 0. The zero-order chi connectivity index (χ0) is 17.1. The third-order valence-electron chi connectivity index (χ3n) is 3.17. The van der Waals surface area contributed by atoms with E-state index in [1.54, 1.807) is 23.9 Å². The summed E-state index contributed by atoms with van der Waals surface area (Å²) in [7, 11) is -5.31. The Morgan fingerprint density at radius 2 is 1.74 bits per heavy atom. The average molecular weight is 368 g/mol. The van der Waals surface area contributed by atoms with E-state index in [2.05, 4.69) is 0 Å². The highest BCUT2D eigenvalue weighted by Gasteiger charge is 2.46. The van der Waals surface area contributed by atoms with Crippen LogP contribution in [0.5, 0.6) is 0 Å². The van der Waals surface area contributed by atoms with Gasteiger partial charge in [-0.3, -0.25) is 0 Å². The molecule has 0 unspecified atom stereocenters. The van der Waals surface area contributed by atoms with Gasteiger partial charge in [0.1, 0.15) is 0 Å². The molecule has 0 bridgehead atoms. The lowest BCUT2D eigenvalue weighted by molar-refractivity contribution is -0.145. The number of rotatable bonds is 4. The fraction of sp³-hybridized carbons (Fsp3) is 0.429. The molecule has 1 aromatic carbocycles. The number of sulfone groups is 1. The minimum absolute atomic E-state index is 0.284. The molecule has 23 heavy (non-hydrogen) atoms. The van der Waals surface area contributed by atoms with Gasteiger partial charge in [-0.15, -0.1) is 0 Å². The van der Waals surface area contributed by atoms with E-state index in [1.165, 1.54) is 12.1 Å². The minimum atomic E-state index is -5.31. The van der Waals surface area contributed by atoms with Gasteiger partial charge in [0.2, 0.25) is 0 Å². The van der Waals surface area contributed by atoms with Crippen LogP contribution in [-0.4, -0.2) is 44.9 Å². The van der Waals surface area contributed by atoms with Crippen LogP contribution in [0.4, 0.5) is 13.2 Å². The molecule has 0 aliphatic carbocycles. The Morgan fingerprint density at radius 1 is 1.17 bits per heavy atom. The maximum absolute atomic E-state index is 12.4. The molecule has 1 saturated heterocycles. The van der Waals surface area contributed by atoms with Crippen molar-refractivity contribution in [2.75, 3.05) is 19.5 Å². The Balaban J connectivity index is 2.02. The van der Waals surface area contributed by atoms with Gasteiger partial charge in [0.15, 0.2) is 6.29 Å². The van der Waals surface area contributed by atoms with Crippen molar-refractivity contribution in [2.24, 2.45) is 0 Å². The van der Waals surface area contributed by atoms with Crippen molar-refractivity contribution in [1.82, 2.24) is 0 Å². The molecule has 0 saturated carbocycles. The van der Waals surface area contributed by atoms with Gasteiger partial charge in [-0.25, -0.2) is 8.42 Å². The van der Waals surface area contributed by atoms with Crippen LogP contribution in [0.3, 0.4) is 0 Å². The fourth-order valence-corrected chi connectivity index (χ4v) is 3.02. The highest BCUT2D eigenvalue weighted by molar-refractivity contribution is 7.99. The van der Waals surface area contributed by atoms with E-state index in [-0.39, 0.29) is 5.25 Å². The molecular formula is C14H15F3O4S2. The lowest BCUT2D eigenvalue weighted by Crippen LogP contribution is -2.32. The Bertz CT molecular complexity index is 646. The lowest BCUT2D eigenvalue weighted by Gasteiger charge is -2.26. The zero-order valence-electron chi connectivity index (χ0n) is 12.1. The zero-order valence-corrected chi connectivity index (χ0v) is 13.7. The molecule has 0 N–H and O–H groups in total. The molecular weight excluding hydrogens is 353 g/mol. The molecule has 1 fully saturated rings. The standard InChI is InChI=1S/C14H15F3O4S2/c1-22-11-8-20-13(21-9-11)7-4-10-2-5-12(6-3-10)23(18,19)14(15,16)17/h2-7,11,13H,8-9H2,1H3/b7-4+. The SMILES string of the molecule is CSC1COC(/C=C/c2ccc(S(=O)(=O)C(F)(F)F)cc2)OC1. The smallest absolute Gasteiger partial charge is 0.348 e. The second-order valence-corrected chi connectivity index (χ2v) is 7.85. The second-order valence-electron chi connectivity index (χ2n) is 4.77. The molecule has 1 heterocycles. The number of hydrogen-bond donors (Lipinski definition) is 0. The van der Waals surface area contributed by atoms with E-state index in [0.29, 0.717) is 18.8 Å². The van der Waals surface area contributed by atoms with Crippen LogP contribution >= 0.6 is 11.8 Å². The van der Waals surface area contributed by atoms with Crippen molar-refractivity contribution in [3.05, 3.63) is 35.9 Å². The maximum Gasteiger partial charge on any atom is 0.501 e. The van der Waals surface area contributed by atoms with Crippen LogP contribution in [-0.2, 0) is 19.3 Å². The molecule has 1 aliphatic rings. The third kappa shape index (κ3) is 4.50. The molecule has 0 aromatic heterocycles. The topological polar surface area (TPSA) is 52.6 Å². The summed E-state index contributed by atoms with van der Waals surface area (Å²) in [6, 6.07) is 4.44. The summed E-state index contributed by atoms with van der Waals surface area (Å²) >= 11 is 1.65. The Labute approximate surface area is 136 Å². The molecule has 9 heteroatoms. The van der Waals surface area contributed by atoms with E-state index >= 15 is 0 Å². The average Bonchev–Trinajstić information content (AvgIpc) is 2.53. The number of hydrogen-bond acceptors (Lipinski definition) is 5. The predicted octanol–water partition coefficient (Wildman–Crippen LogP) is 3.10. The monoisotopic (exact) mass is 368 g/mol. The van der Waals surface area contributed by atoms with Gasteiger partial charge < -0.3 is 9.47 Å². The first-order valence-corrected chi connectivity index (χ1v) is 9.37. The van der Waals surface area contributed by atoms with E-state index in [1.807, 2.05) is 6.26 Å². The van der Waals surface area contributed by atoms with Crippen molar-refractivity contribution in [3.8, 4) is 0 Å². The Kier molecular flexibility index (Phi) is 5.77. The van der Waals surface area contributed by atoms with Gasteiger partial charge in [-0.1, -0.05) is 18.2 Å². The van der Waals surface area contributed by atoms with Gasteiger partial charge in [-0.05, 0) is 30.0 Å². The van der Waals surface area contributed by atoms with Crippen LogP contribution in [0.1, 0.15) is 5.56 Å². The van der Waals surface area contributed by atoms with Gasteiger partial charge >= 0.3 is 5.51 Å². The largest absolute Gasteiger partial charge is 0.501 e. The number of alkyl halides is 3. The van der Waals surface area contributed by atoms with Gasteiger partial charge in [0, 0.05) is 0 Å². The van der Waals surface area contributed by atoms with Crippen LogP contribution in [0.25, 0.3) is 6.08 Å². The van der Waals surface area contributed by atoms with Crippen LogP contribution in [0.2, 0.25) is 0 Å². The molecule has 2 rings (SSSR count). The van der Waals surface area contributed by atoms with Crippen LogP contribution in [0.15, 0.2) is 35.2 Å².